The second-order valence-corrected chi connectivity index (χ2v) is 7.25. The number of ether oxygens (including phenoxy) is 3. The van der Waals surface area contributed by atoms with Crippen molar-refractivity contribution in [2.24, 2.45) is 4.99 Å². The molecule has 0 bridgehead atoms. The molecule has 0 amide bonds. The van der Waals surface area contributed by atoms with Gasteiger partial charge in [-0.1, -0.05) is 75.1 Å². The molecule has 0 heterocycles. The number of aliphatic imine (C=N–C) groups is 1. The highest BCUT2D eigenvalue weighted by Gasteiger charge is 1.97. The zero-order valence-corrected chi connectivity index (χ0v) is 25.6. The standard InChI is InChI=1S/C19H30ClNO3.C6H10.C2H4O2.C2H6.C2H2/c1-5-10-21-11-15-24-13-7-6-12-23-14-8-9-19(20)16-17(2)18(3)22-4;1-4-6(3)5-2;1-2(3)4;2*1-2/h5,9-10,16H,1,3,6-8,11-15H2,2,4H3;4-5H,1H2,2-3H3;1H3,(H,3,4);1-2H3;1-2H/b17-16-,19-9+,21-10?;6-5+;;;. The Bertz CT molecular complexity index is 715. The minimum atomic E-state index is -0.833. The molecule has 0 aliphatic heterocycles. The summed E-state index contributed by atoms with van der Waals surface area (Å²) in [5.74, 6) is -0.215. The summed E-state index contributed by atoms with van der Waals surface area (Å²) in [6, 6.07) is 0. The first kappa shape index (κ1) is 45.1. The summed E-state index contributed by atoms with van der Waals surface area (Å²) in [6.07, 6.45) is 21.7. The van der Waals surface area contributed by atoms with Crippen molar-refractivity contribution in [1.29, 1.82) is 0 Å². The van der Waals surface area contributed by atoms with Crippen LogP contribution in [0.1, 0.15) is 60.8 Å². The predicted octanol–water partition coefficient (Wildman–Crippen LogP) is 8.18. The molecule has 0 fully saturated rings. The summed E-state index contributed by atoms with van der Waals surface area (Å²) in [7, 11) is 1.59. The van der Waals surface area contributed by atoms with Gasteiger partial charge in [0.2, 0.25) is 0 Å². The molecule has 0 aromatic rings. The Morgan fingerprint density at radius 1 is 1.03 bits per heavy atom. The third-order valence-corrected chi connectivity index (χ3v) is 4.09. The summed E-state index contributed by atoms with van der Waals surface area (Å²) >= 11 is 6.12. The number of halogens is 1. The molecule has 6 nitrogen and oxygen atoms in total. The SMILES string of the molecule is C#C.C=C/C(C)=C/C.C=CC=NCCOCCCCOCC/C=C(Cl)\C=C(\C)C(=C)OC.CC.CC(=O)O. The van der Waals surface area contributed by atoms with Crippen molar-refractivity contribution < 1.29 is 24.1 Å². The van der Waals surface area contributed by atoms with E-state index in [1.807, 2.05) is 58.9 Å². The Morgan fingerprint density at radius 3 is 1.92 bits per heavy atom. The third kappa shape index (κ3) is 50.1. The van der Waals surface area contributed by atoms with E-state index in [2.05, 4.69) is 37.6 Å². The van der Waals surface area contributed by atoms with Crippen molar-refractivity contribution in [3.8, 4) is 12.8 Å². The van der Waals surface area contributed by atoms with Crippen molar-refractivity contribution in [1.82, 2.24) is 0 Å². The Hall–Kier alpha value is -2.85. The molecule has 0 unspecified atom stereocenters. The smallest absolute Gasteiger partial charge is 0.300 e. The maximum atomic E-state index is 9.00. The van der Waals surface area contributed by atoms with Gasteiger partial charge in [-0.25, -0.2) is 0 Å². The van der Waals surface area contributed by atoms with Gasteiger partial charge in [0.25, 0.3) is 5.97 Å². The lowest BCUT2D eigenvalue weighted by atomic mass is 10.2. The quantitative estimate of drug-likeness (QED) is 0.0685. The molecule has 1 N–H and O–H groups in total. The van der Waals surface area contributed by atoms with Gasteiger partial charge in [0.1, 0.15) is 5.76 Å². The number of hydrogen-bond acceptors (Lipinski definition) is 5. The lowest BCUT2D eigenvalue weighted by Gasteiger charge is -2.04. The topological polar surface area (TPSA) is 77.3 Å². The molecule has 0 saturated heterocycles. The summed E-state index contributed by atoms with van der Waals surface area (Å²) in [5, 5.41) is 8.09. The van der Waals surface area contributed by atoms with Gasteiger partial charge >= 0.3 is 0 Å². The maximum Gasteiger partial charge on any atom is 0.300 e. The molecule has 218 valence electrons. The van der Waals surface area contributed by atoms with Crippen molar-refractivity contribution in [3.63, 3.8) is 0 Å². The number of carboxylic acids is 1. The minimum Gasteiger partial charge on any atom is -0.497 e. The van der Waals surface area contributed by atoms with E-state index >= 15 is 0 Å². The van der Waals surface area contributed by atoms with Crippen LogP contribution in [0.2, 0.25) is 0 Å². The van der Waals surface area contributed by atoms with Gasteiger partial charge in [-0.3, -0.25) is 9.79 Å². The predicted molar refractivity (Wildman–Crippen MR) is 167 cm³/mol. The monoisotopic (exact) mass is 553 g/mol. The van der Waals surface area contributed by atoms with E-state index in [4.69, 9.17) is 35.7 Å². The molecule has 38 heavy (non-hydrogen) atoms. The fourth-order valence-electron chi connectivity index (χ4n) is 1.78. The molecule has 7 heteroatoms. The number of carbonyl (C=O) groups is 1. The molecular formula is C31H52ClNO5. The molecule has 0 atom stereocenters. The lowest BCUT2D eigenvalue weighted by molar-refractivity contribution is -0.134. The second kappa shape index (κ2) is 41.3. The van der Waals surface area contributed by atoms with Crippen molar-refractivity contribution in [2.75, 3.05) is 40.1 Å². The van der Waals surface area contributed by atoms with Crippen molar-refractivity contribution >= 4 is 23.8 Å². The van der Waals surface area contributed by atoms with Crippen LogP contribution in [-0.4, -0.2) is 57.4 Å². The fraction of sp³-hybridized carbons (Fsp3) is 0.484. The maximum absolute atomic E-state index is 9.00. The van der Waals surface area contributed by atoms with E-state index in [0.717, 1.165) is 45.0 Å². The number of allylic oxidation sites excluding steroid dienone is 7. The first-order chi connectivity index (χ1) is 18.2. The highest BCUT2D eigenvalue weighted by Crippen LogP contribution is 2.14. The van der Waals surface area contributed by atoms with Crippen LogP contribution in [0.25, 0.3) is 0 Å². The largest absolute Gasteiger partial charge is 0.497 e. The van der Waals surface area contributed by atoms with Crippen LogP contribution < -0.4 is 0 Å². The summed E-state index contributed by atoms with van der Waals surface area (Å²) in [6.45, 7) is 25.4. The zero-order chi connectivity index (χ0) is 30.6. The Kier molecular flexibility index (Phi) is 49.0. The number of methoxy groups -OCH3 is 1. The molecule has 0 aromatic heterocycles. The van der Waals surface area contributed by atoms with E-state index in [1.165, 1.54) is 5.57 Å². The highest BCUT2D eigenvalue weighted by atomic mass is 35.5. The lowest BCUT2D eigenvalue weighted by Crippen LogP contribution is -2.02. The first-order valence-corrected chi connectivity index (χ1v) is 12.9. The number of carboxylic acid groups (broad SMARTS) is 1. The van der Waals surface area contributed by atoms with Gasteiger partial charge in [0, 0.05) is 31.4 Å². The van der Waals surface area contributed by atoms with Crippen LogP contribution in [0.4, 0.5) is 0 Å². The van der Waals surface area contributed by atoms with Crippen LogP contribution in [0.15, 0.2) is 77.0 Å². The number of aliphatic carboxylic acids is 1. The van der Waals surface area contributed by atoms with E-state index in [-0.39, 0.29) is 0 Å². The van der Waals surface area contributed by atoms with Crippen molar-refractivity contribution in [3.05, 3.63) is 72.1 Å². The number of hydrogen-bond donors (Lipinski definition) is 1. The van der Waals surface area contributed by atoms with E-state index in [0.29, 0.717) is 30.5 Å². The average molecular weight is 554 g/mol. The molecular weight excluding hydrogens is 502 g/mol. The molecule has 0 radical (unpaired) electrons. The normalized spacial score (nSPS) is 10.6. The number of rotatable bonds is 16. The van der Waals surface area contributed by atoms with Gasteiger partial charge in [0.05, 0.1) is 26.9 Å². The molecule has 0 rings (SSSR count). The van der Waals surface area contributed by atoms with E-state index in [1.54, 1.807) is 19.4 Å². The van der Waals surface area contributed by atoms with Gasteiger partial charge in [0.15, 0.2) is 0 Å². The number of nitrogens with zero attached hydrogens (tertiary/aromatic N) is 1. The molecule has 0 spiro atoms. The zero-order valence-electron chi connectivity index (χ0n) is 24.8. The fourth-order valence-corrected chi connectivity index (χ4v) is 2.06. The summed E-state index contributed by atoms with van der Waals surface area (Å²) in [5.41, 5.74) is 2.14. The molecule has 0 aliphatic rings. The van der Waals surface area contributed by atoms with Crippen molar-refractivity contribution in [2.45, 2.75) is 60.8 Å². The highest BCUT2D eigenvalue weighted by molar-refractivity contribution is 6.31. The number of unbranched alkanes of at least 4 members (excludes halogenated alkanes) is 1. The van der Waals surface area contributed by atoms with Gasteiger partial charge in [-0.05, 0) is 51.7 Å². The van der Waals surface area contributed by atoms with Crippen LogP contribution in [0.5, 0.6) is 0 Å². The van der Waals surface area contributed by atoms with Crippen LogP contribution in [0.3, 0.4) is 0 Å². The average Bonchev–Trinajstić information content (AvgIpc) is 2.92. The summed E-state index contributed by atoms with van der Waals surface area (Å²) in [4.78, 5) is 13.1. The minimum absolute atomic E-state index is 0.618. The van der Waals surface area contributed by atoms with Gasteiger partial charge in [-0.2, -0.15) is 0 Å². The molecule has 0 saturated carbocycles. The van der Waals surface area contributed by atoms with E-state index < -0.39 is 5.97 Å². The second-order valence-electron chi connectivity index (χ2n) is 6.81. The van der Waals surface area contributed by atoms with Crippen LogP contribution >= 0.6 is 11.6 Å². The van der Waals surface area contributed by atoms with E-state index in [9.17, 15) is 0 Å². The van der Waals surface area contributed by atoms with Crippen LogP contribution in [0, 0.1) is 12.8 Å². The summed E-state index contributed by atoms with van der Waals surface area (Å²) < 4.78 is 16.1. The molecule has 0 aliphatic carbocycles. The van der Waals surface area contributed by atoms with Gasteiger partial charge in [-0.15, -0.1) is 12.8 Å². The Balaban J connectivity index is -0.000000214. The molecule has 0 aromatic carbocycles. The first-order valence-electron chi connectivity index (χ1n) is 12.5. The third-order valence-electron chi connectivity index (χ3n) is 3.82. The Labute approximate surface area is 238 Å². The van der Waals surface area contributed by atoms with Crippen LogP contribution in [-0.2, 0) is 19.0 Å². The Morgan fingerprint density at radius 2 is 1.53 bits per heavy atom. The van der Waals surface area contributed by atoms with Gasteiger partial charge < -0.3 is 19.3 Å². The number of terminal acetylenes is 1.